The molecule has 0 fully saturated rings. The number of carbonyl (C=O) groups is 2. The number of methoxy groups -OCH3 is 2. The van der Waals surface area contributed by atoms with Crippen molar-refractivity contribution in [2.24, 2.45) is 0 Å². The van der Waals surface area contributed by atoms with Gasteiger partial charge in [-0.3, -0.25) is 0 Å². The van der Waals surface area contributed by atoms with E-state index in [9.17, 15) is 9.59 Å². The molecule has 1 N–H and O–H groups in total. The maximum Gasteiger partial charge on any atom is 0.338 e. The van der Waals surface area contributed by atoms with Crippen LogP contribution in [-0.2, 0) is 19.1 Å². The highest BCUT2D eigenvalue weighted by Crippen LogP contribution is 2.27. The fourth-order valence-electron chi connectivity index (χ4n) is 2.50. The van der Waals surface area contributed by atoms with Crippen molar-refractivity contribution in [3.63, 3.8) is 0 Å². The van der Waals surface area contributed by atoms with Crippen LogP contribution in [0.2, 0.25) is 19.6 Å². The molecule has 122 valence electrons. The zero-order valence-electron chi connectivity index (χ0n) is 14.0. The lowest BCUT2D eigenvalue weighted by Gasteiger charge is -2.18. The fraction of sp³-hybridized carbons (Fsp3) is 0.294. The lowest BCUT2D eigenvalue weighted by atomic mass is 10.0. The molecule has 5 nitrogen and oxygen atoms in total. The van der Waals surface area contributed by atoms with Gasteiger partial charge in [0, 0.05) is 27.9 Å². The summed E-state index contributed by atoms with van der Waals surface area (Å²) in [6.07, 6.45) is 1.20. The Morgan fingerprint density at radius 2 is 1.74 bits per heavy atom. The summed E-state index contributed by atoms with van der Waals surface area (Å²) in [5.41, 5.74) is 1.88. The van der Waals surface area contributed by atoms with E-state index in [4.69, 9.17) is 4.74 Å². The van der Waals surface area contributed by atoms with E-state index < -0.39 is 20.0 Å². The molecule has 0 spiro atoms. The summed E-state index contributed by atoms with van der Waals surface area (Å²) >= 11 is 0. The first-order valence-corrected chi connectivity index (χ1v) is 10.8. The molecule has 1 aromatic carbocycles. The van der Waals surface area contributed by atoms with Gasteiger partial charge in [0.1, 0.15) is 0 Å². The first-order chi connectivity index (χ1) is 10.8. The molecule has 1 heterocycles. The van der Waals surface area contributed by atoms with Crippen molar-refractivity contribution in [2.45, 2.75) is 19.6 Å². The number of aromatic nitrogens is 1. The van der Waals surface area contributed by atoms with Gasteiger partial charge in [0.2, 0.25) is 0 Å². The van der Waals surface area contributed by atoms with Gasteiger partial charge in [-0.2, -0.15) is 0 Å². The summed E-state index contributed by atoms with van der Waals surface area (Å²) in [7, 11) is 0.782. The lowest BCUT2D eigenvalue weighted by molar-refractivity contribution is -0.136. The molecule has 0 bridgehead atoms. The summed E-state index contributed by atoms with van der Waals surface area (Å²) in [6.45, 7) is 6.52. The molecule has 0 aliphatic carbocycles. The zero-order valence-corrected chi connectivity index (χ0v) is 15.0. The highest BCUT2D eigenvalue weighted by molar-refractivity contribution is 6.89. The van der Waals surface area contributed by atoms with Gasteiger partial charge in [0.25, 0.3) is 0 Å². The van der Waals surface area contributed by atoms with E-state index in [1.54, 1.807) is 0 Å². The molecule has 0 unspecified atom stereocenters. The molecule has 0 aliphatic rings. The van der Waals surface area contributed by atoms with Crippen molar-refractivity contribution in [1.82, 2.24) is 4.98 Å². The van der Waals surface area contributed by atoms with Crippen LogP contribution in [0.15, 0.2) is 30.3 Å². The lowest BCUT2D eigenvalue weighted by Crippen LogP contribution is -2.41. The number of ether oxygens (including phenoxy) is 2. The average molecular weight is 331 g/mol. The Hall–Kier alpha value is -2.34. The Morgan fingerprint density at radius 1 is 1.09 bits per heavy atom. The largest absolute Gasteiger partial charge is 0.466 e. The molecule has 0 saturated carbocycles. The van der Waals surface area contributed by atoms with Crippen molar-refractivity contribution < 1.29 is 19.1 Å². The van der Waals surface area contributed by atoms with Crippen LogP contribution < -0.4 is 5.32 Å². The molecule has 0 aliphatic heterocycles. The number of rotatable bonds is 4. The Morgan fingerprint density at radius 3 is 2.30 bits per heavy atom. The summed E-state index contributed by atoms with van der Waals surface area (Å²) in [6, 6.07) is 7.72. The maximum atomic E-state index is 12.3. The molecular weight excluding hydrogens is 310 g/mol. The van der Waals surface area contributed by atoms with Gasteiger partial charge in [0.15, 0.2) is 0 Å². The molecule has 2 aromatic rings. The molecular formula is C17H21NO4Si. The van der Waals surface area contributed by atoms with Crippen LogP contribution >= 0.6 is 0 Å². The number of para-hydroxylation sites is 1. The quantitative estimate of drug-likeness (QED) is 0.531. The SMILES string of the molecule is COC(=O)/C=C(\C(=O)OC)c1c([Si](C)(C)C)[nH]c2ccccc12. The molecule has 0 amide bonds. The highest BCUT2D eigenvalue weighted by Gasteiger charge is 2.29. The minimum Gasteiger partial charge on any atom is -0.466 e. The minimum atomic E-state index is -1.80. The summed E-state index contributed by atoms with van der Waals surface area (Å²) in [4.78, 5) is 27.4. The predicted molar refractivity (Wildman–Crippen MR) is 93.3 cm³/mol. The minimum absolute atomic E-state index is 0.217. The number of nitrogens with one attached hydrogen (secondary N) is 1. The van der Waals surface area contributed by atoms with Gasteiger partial charge in [-0.05, 0) is 6.07 Å². The molecule has 0 radical (unpaired) electrons. The Bertz CT molecular complexity index is 783. The van der Waals surface area contributed by atoms with E-state index in [1.165, 1.54) is 20.3 Å². The first-order valence-electron chi connectivity index (χ1n) is 7.29. The van der Waals surface area contributed by atoms with Gasteiger partial charge in [-0.15, -0.1) is 0 Å². The molecule has 0 saturated heterocycles. The van der Waals surface area contributed by atoms with E-state index in [0.717, 1.165) is 21.8 Å². The number of carbonyl (C=O) groups excluding carboxylic acids is 2. The van der Waals surface area contributed by atoms with Gasteiger partial charge in [-0.1, -0.05) is 37.8 Å². The van der Waals surface area contributed by atoms with E-state index in [1.807, 2.05) is 24.3 Å². The van der Waals surface area contributed by atoms with Crippen LogP contribution in [0.25, 0.3) is 16.5 Å². The van der Waals surface area contributed by atoms with Gasteiger partial charge in [0.05, 0.1) is 27.9 Å². The summed E-state index contributed by atoms with van der Waals surface area (Å²) in [5.74, 6) is -1.14. The molecule has 0 atom stereocenters. The second-order valence-electron chi connectivity index (χ2n) is 6.24. The van der Waals surface area contributed by atoms with E-state index in [0.29, 0.717) is 0 Å². The Labute approximate surface area is 136 Å². The summed E-state index contributed by atoms with van der Waals surface area (Å²) < 4.78 is 9.57. The van der Waals surface area contributed by atoms with Crippen LogP contribution in [-0.4, -0.2) is 39.2 Å². The van der Waals surface area contributed by atoms with Crippen molar-refractivity contribution in [3.05, 3.63) is 35.9 Å². The predicted octanol–water partition coefficient (Wildman–Crippen LogP) is 2.44. The molecule has 23 heavy (non-hydrogen) atoms. The van der Waals surface area contributed by atoms with E-state index >= 15 is 0 Å². The zero-order chi connectivity index (χ0) is 17.2. The van der Waals surface area contributed by atoms with Crippen LogP contribution in [0.3, 0.4) is 0 Å². The number of benzene rings is 1. The number of fused-ring (bicyclic) bond motifs is 1. The standard InChI is InChI=1S/C17H21NO4Si/c1-21-14(19)10-12(17(20)22-2)15-11-8-6-7-9-13(11)18-16(15)23(3,4)5/h6-10,18H,1-5H3/b12-10-. The fourth-order valence-corrected chi connectivity index (χ4v) is 4.03. The Kier molecular flexibility index (Phi) is 4.75. The normalized spacial score (nSPS) is 12.3. The van der Waals surface area contributed by atoms with Crippen LogP contribution in [0, 0.1) is 0 Å². The molecule has 2 rings (SSSR count). The van der Waals surface area contributed by atoms with Gasteiger partial charge < -0.3 is 14.5 Å². The third-order valence-electron chi connectivity index (χ3n) is 3.59. The monoisotopic (exact) mass is 331 g/mol. The van der Waals surface area contributed by atoms with Crippen LogP contribution in [0.5, 0.6) is 0 Å². The molecule has 6 heteroatoms. The smallest absolute Gasteiger partial charge is 0.338 e. The van der Waals surface area contributed by atoms with Gasteiger partial charge >= 0.3 is 11.9 Å². The van der Waals surface area contributed by atoms with Crippen molar-refractivity contribution >= 4 is 41.8 Å². The number of H-pyrrole nitrogens is 1. The second-order valence-corrected chi connectivity index (χ2v) is 11.2. The highest BCUT2D eigenvalue weighted by atomic mass is 28.3. The number of aromatic amines is 1. The topological polar surface area (TPSA) is 68.4 Å². The van der Waals surface area contributed by atoms with Crippen molar-refractivity contribution in [3.8, 4) is 0 Å². The van der Waals surface area contributed by atoms with E-state index in [2.05, 4.69) is 29.4 Å². The summed E-state index contributed by atoms with van der Waals surface area (Å²) in [5, 5.41) is 1.89. The van der Waals surface area contributed by atoms with Crippen LogP contribution in [0.1, 0.15) is 5.56 Å². The van der Waals surface area contributed by atoms with Crippen molar-refractivity contribution in [1.29, 1.82) is 0 Å². The molecule has 1 aromatic heterocycles. The van der Waals surface area contributed by atoms with Crippen LogP contribution in [0.4, 0.5) is 0 Å². The maximum absolute atomic E-state index is 12.3. The second kappa shape index (κ2) is 6.42. The van der Waals surface area contributed by atoms with E-state index in [-0.39, 0.29) is 5.57 Å². The van der Waals surface area contributed by atoms with Crippen molar-refractivity contribution in [2.75, 3.05) is 14.2 Å². The number of hydrogen-bond acceptors (Lipinski definition) is 4. The Balaban J connectivity index is 2.83. The average Bonchev–Trinajstić information content (AvgIpc) is 2.91. The van der Waals surface area contributed by atoms with Gasteiger partial charge in [-0.25, -0.2) is 9.59 Å². The third-order valence-corrected chi connectivity index (χ3v) is 5.47. The number of hydrogen-bond donors (Lipinski definition) is 1. The third kappa shape index (κ3) is 3.37. The number of esters is 2. The first kappa shape index (κ1) is 17.0.